The van der Waals surface area contributed by atoms with Gasteiger partial charge < -0.3 is 16.2 Å². The third-order valence-corrected chi connectivity index (χ3v) is 3.15. The van der Waals surface area contributed by atoms with E-state index in [1.54, 1.807) is 36.4 Å². The highest BCUT2D eigenvalue weighted by Crippen LogP contribution is 2.22. The summed E-state index contributed by atoms with van der Waals surface area (Å²) in [6, 6.07) is 7.04. The maximum atomic E-state index is 8.28. The van der Waals surface area contributed by atoms with Crippen LogP contribution in [0, 0.1) is 5.41 Å². The molecule has 0 unspecified atom stereocenters. The summed E-state index contributed by atoms with van der Waals surface area (Å²) in [7, 11) is 0. The summed E-state index contributed by atoms with van der Waals surface area (Å²) >= 11 is 0. The Labute approximate surface area is 140 Å². The lowest BCUT2D eigenvalue weighted by molar-refractivity contribution is 0.444. The zero-order chi connectivity index (χ0) is 17.5. The molecule has 0 aliphatic rings. The van der Waals surface area contributed by atoms with Crippen LogP contribution in [-0.2, 0) is 0 Å². The van der Waals surface area contributed by atoms with Crippen molar-refractivity contribution >= 4 is 17.3 Å². The van der Waals surface area contributed by atoms with Gasteiger partial charge in [0.05, 0.1) is 11.3 Å². The predicted octanol–water partition coefficient (Wildman–Crippen LogP) is 3.08. The number of hydrogen-bond acceptors (Lipinski definition) is 6. The predicted molar refractivity (Wildman–Crippen MR) is 97.0 cm³/mol. The van der Waals surface area contributed by atoms with Crippen molar-refractivity contribution in [1.29, 1.82) is 5.41 Å². The van der Waals surface area contributed by atoms with Crippen molar-refractivity contribution in [1.82, 2.24) is 9.97 Å². The Morgan fingerprint density at radius 1 is 1.17 bits per heavy atom. The van der Waals surface area contributed by atoms with E-state index in [2.05, 4.69) is 16.5 Å². The average molecular weight is 321 g/mol. The topological polar surface area (TPSA) is 111 Å². The second kappa shape index (κ2) is 7.73. The van der Waals surface area contributed by atoms with E-state index in [1.807, 2.05) is 19.1 Å². The summed E-state index contributed by atoms with van der Waals surface area (Å²) in [6.07, 6.45) is 8.40. The first-order valence-electron chi connectivity index (χ1n) is 7.25. The van der Waals surface area contributed by atoms with Crippen molar-refractivity contribution in [2.75, 3.05) is 11.5 Å². The van der Waals surface area contributed by atoms with Crippen LogP contribution in [-0.4, -0.2) is 15.7 Å². The maximum Gasteiger partial charge on any atom is 0.138 e. The molecule has 1 aromatic carbocycles. The smallest absolute Gasteiger partial charge is 0.138 e. The van der Waals surface area contributed by atoms with Gasteiger partial charge in [0.2, 0.25) is 0 Å². The van der Waals surface area contributed by atoms with E-state index in [4.69, 9.17) is 21.6 Å². The maximum absolute atomic E-state index is 8.28. The lowest BCUT2D eigenvalue weighted by Gasteiger charge is -2.10. The Morgan fingerprint density at radius 3 is 2.33 bits per heavy atom. The van der Waals surface area contributed by atoms with Gasteiger partial charge in [0.15, 0.2) is 0 Å². The molecule has 1 aromatic heterocycles. The van der Waals surface area contributed by atoms with E-state index >= 15 is 0 Å². The van der Waals surface area contributed by atoms with Gasteiger partial charge in [0.25, 0.3) is 0 Å². The van der Waals surface area contributed by atoms with E-state index < -0.39 is 0 Å². The SMILES string of the molecule is C=C/C=C(\C=C/C)Oc1ccc(C(=N)c2c(N)ncnc2N)cc1. The highest BCUT2D eigenvalue weighted by atomic mass is 16.5. The Kier molecular flexibility index (Phi) is 5.46. The van der Waals surface area contributed by atoms with Crippen molar-refractivity contribution in [3.05, 3.63) is 78.4 Å². The fraction of sp³-hybridized carbons (Fsp3) is 0.0556. The van der Waals surface area contributed by atoms with Crippen LogP contribution in [0.4, 0.5) is 11.6 Å². The molecule has 6 nitrogen and oxygen atoms in total. The largest absolute Gasteiger partial charge is 0.457 e. The second-order valence-electron chi connectivity index (χ2n) is 4.83. The van der Waals surface area contributed by atoms with Gasteiger partial charge in [-0.15, -0.1) is 0 Å². The first-order chi connectivity index (χ1) is 11.6. The summed E-state index contributed by atoms with van der Waals surface area (Å²) in [4.78, 5) is 7.76. The van der Waals surface area contributed by atoms with Gasteiger partial charge in [-0.05, 0) is 43.3 Å². The van der Waals surface area contributed by atoms with Crippen LogP contribution in [0.15, 0.2) is 67.2 Å². The van der Waals surface area contributed by atoms with Crippen molar-refractivity contribution in [2.24, 2.45) is 0 Å². The van der Waals surface area contributed by atoms with E-state index in [-0.39, 0.29) is 17.3 Å². The number of ether oxygens (including phenoxy) is 1. The molecular weight excluding hydrogens is 302 g/mol. The van der Waals surface area contributed by atoms with Gasteiger partial charge in [-0.25, -0.2) is 9.97 Å². The summed E-state index contributed by atoms with van der Waals surface area (Å²) < 4.78 is 5.74. The summed E-state index contributed by atoms with van der Waals surface area (Å²) in [5.41, 5.74) is 12.7. The van der Waals surface area contributed by atoms with Crippen LogP contribution in [0.25, 0.3) is 0 Å². The van der Waals surface area contributed by atoms with Gasteiger partial charge in [-0.3, -0.25) is 5.41 Å². The molecule has 0 amide bonds. The van der Waals surface area contributed by atoms with Crippen molar-refractivity contribution < 1.29 is 4.74 Å². The van der Waals surface area contributed by atoms with E-state index in [9.17, 15) is 0 Å². The number of benzene rings is 1. The molecule has 0 saturated carbocycles. The number of nitrogens with one attached hydrogen (secondary N) is 1. The Balaban J connectivity index is 2.25. The Hall–Kier alpha value is -3.41. The summed E-state index contributed by atoms with van der Waals surface area (Å²) in [5, 5.41) is 8.28. The molecule has 0 radical (unpaired) electrons. The molecule has 0 aliphatic carbocycles. The molecule has 0 atom stereocenters. The first-order valence-corrected chi connectivity index (χ1v) is 7.25. The number of anilines is 2. The van der Waals surface area contributed by atoms with Gasteiger partial charge in [-0.2, -0.15) is 0 Å². The number of hydrogen-bond donors (Lipinski definition) is 3. The Bertz CT molecular complexity index is 786. The number of nitrogen functional groups attached to an aromatic ring is 2. The van der Waals surface area contributed by atoms with Crippen molar-refractivity contribution in [3.8, 4) is 5.75 Å². The fourth-order valence-electron chi connectivity index (χ4n) is 2.04. The number of allylic oxidation sites excluding steroid dienone is 4. The fourth-order valence-corrected chi connectivity index (χ4v) is 2.04. The molecule has 2 aromatic rings. The van der Waals surface area contributed by atoms with Crippen LogP contribution < -0.4 is 16.2 Å². The van der Waals surface area contributed by atoms with Gasteiger partial charge in [0.1, 0.15) is 29.5 Å². The lowest BCUT2D eigenvalue weighted by atomic mass is 10.0. The molecular formula is C18H19N5O. The molecule has 1 heterocycles. The minimum absolute atomic E-state index is 0.160. The standard InChI is InChI=1S/C18H19N5O/c1-3-5-13(6-4-2)24-14-9-7-12(8-10-14)16(19)15-17(20)22-11-23-18(15)21/h3-11,19H,1H2,2H3,(H4,20,21,22,23)/b6-4-,13-5+,19-16?. The third kappa shape index (κ3) is 3.86. The lowest BCUT2D eigenvalue weighted by Crippen LogP contribution is -2.11. The minimum atomic E-state index is 0.160. The van der Waals surface area contributed by atoms with Crippen LogP contribution >= 0.6 is 0 Å². The zero-order valence-electron chi connectivity index (χ0n) is 13.4. The van der Waals surface area contributed by atoms with Crippen LogP contribution in [0.2, 0.25) is 0 Å². The highest BCUT2D eigenvalue weighted by molar-refractivity contribution is 6.15. The Morgan fingerprint density at radius 2 is 1.79 bits per heavy atom. The van der Waals surface area contributed by atoms with Crippen molar-refractivity contribution in [2.45, 2.75) is 6.92 Å². The molecule has 2 rings (SSSR count). The van der Waals surface area contributed by atoms with Gasteiger partial charge in [-0.1, -0.05) is 18.7 Å². The molecule has 5 N–H and O–H groups in total. The third-order valence-electron chi connectivity index (χ3n) is 3.15. The quantitative estimate of drug-likeness (QED) is 0.430. The van der Waals surface area contributed by atoms with E-state index in [1.165, 1.54) is 6.33 Å². The molecule has 0 fully saturated rings. The molecule has 0 bridgehead atoms. The number of aromatic nitrogens is 2. The minimum Gasteiger partial charge on any atom is -0.457 e. The summed E-state index contributed by atoms with van der Waals surface area (Å²) in [6.45, 7) is 5.56. The van der Waals surface area contributed by atoms with Crippen LogP contribution in [0.5, 0.6) is 5.75 Å². The molecule has 0 spiro atoms. The normalized spacial score (nSPS) is 11.5. The molecule has 24 heavy (non-hydrogen) atoms. The summed E-state index contributed by atoms with van der Waals surface area (Å²) in [5.74, 6) is 1.66. The highest BCUT2D eigenvalue weighted by Gasteiger charge is 2.14. The monoisotopic (exact) mass is 321 g/mol. The van der Waals surface area contributed by atoms with Gasteiger partial charge in [0, 0.05) is 5.56 Å². The zero-order valence-corrected chi connectivity index (χ0v) is 13.4. The molecule has 6 heteroatoms. The molecule has 122 valence electrons. The average Bonchev–Trinajstić information content (AvgIpc) is 2.56. The number of nitrogens with zero attached hydrogens (tertiary/aromatic N) is 2. The van der Waals surface area contributed by atoms with E-state index in [0.29, 0.717) is 22.6 Å². The molecule has 0 saturated heterocycles. The second-order valence-corrected chi connectivity index (χ2v) is 4.83. The molecule has 0 aliphatic heterocycles. The number of nitrogens with two attached hydrogens (primary N) is 2. The van der Waals surface area contributed by atoms with E-state index in [0.717, 1.165) is 0 Å². The van der Waals surface area contributed by atoms with Crippen LogP contribution in [0.3, 0.4) is 0 Å². The van der Waals surface area contributed by atoms with Crippen molar-refractivity contribution in [3.63, 3.8) is 0 Å². The van der Waals surface area contributed by atoms with Crippen LogP contribution in [0.1, 0.15) is 18.1 Å². The first kappa shape index (κ1) is 17.0. The number of rotatable bonds is 6. The van der Waals surface area contributed by atoms with Gasteiger partial charge >= 0.3 is 0 Å².